The Morgan fingerprint density at radius 3 is 2.04 bits per heavy atom. The van der Waals surface area contributed by atoms with Crippen molar-refractivity contribution in [3.05, 3.63) is 54.1 Å². The summed E-state index contributed by atoms with van der Waals surface area (Å²) in [6.45, 7) is -0.945. The standard InChI is InChI=1S/C16H14F3NO5S/c1-25-13-6-8-14(9-7-13)26(23,24)20(10-15(21)22)12-4-2-11(3-5-12)16(17,18)19/h2-9H,10H2,1H3,(H,21,22). The number of anilines is 1. The van der Waals surface area contributed by atoms with Gasteiger partial charge in [-0.25, -0.2) is 8.42 Å². The number of aliphatic carboxylic acids is 1. The van der Waals surface area contributed by atoms with Crippen LogP contribution >= 0.6 is 0 Å². The Hall–Kier alpha value is -2.75. The zero-order chi connectivity index (χ0) is 19.5. The number of sulfonamides is 1. The van der Waals surface area contributed by atoms with E-state index in [9.17, 15) is 26.4 Å². The maximum atomic E-state index is 12.7. The first kappa shape index (κ1) is 19.6. The van der Waals surface area contributed by atoms with Crippen LogP contribution in [-0.2, 0) is 21.0 Å². The number of alkyl halides is 3. The van der Waals surface area contributed by atoms with Crippen LogP contribution in [0.4, 0.5) is 18.9 Å². The van der Waals surface area contributed by atoms with E-state index in [1.54, 1.807) is 0 Å². The van der Waals surface area contributed by atoms with E-state index in [2.05, 4.69) is 0 Å². The molecule has 0 heterocycles. The van der Waals surface area contributed by atoms with Crippen molar-refractivity contribution in [1.29, 1.82) is 0 Å². The van der Waals surface area contributed by atoms with E-state index in [0.717, 1.165) is 12.1 Å². The van der Waals surface area contributed by atoms with Crippen LogP contribution in [0.25, 0.3) is 0 Å². The highest BCUT2D eigenvalue weighted by atomic mass is 32.2. The third kappa shape index (κ3) is 4.26. The molecule has 0 aliphatic heterocycles. The highest BCUT2D eigenvalue weighted by Gasteiger charge is 2.32. The zero-order valence-electron chi connectivity index (χ0n) is 13.4. The molecule has 0 aromatic heterocycles. The topological polar surface area (TPSA) is 83.9 Å². The predicted octanol–water partition coefficient (Wildman–Crippen LogP) is 2.99. The molecule has 10 heteroatoms. The van der Waals surface area contributed by atoms with Crippen LogP contribution in [-0.4, -0.2) is 33.1 Å². The molecule has 1 N–H and O–H groups in total. The number of hydrogen-bond donors (Lipinski definition) is 1. The smallest absolute Gasteiger partial charge is 0.416 e. The molecule has 0 aliphatic rings. The summed E-state index contributed by atoms with van der Waals surface area (Å²) in [6.07, 6.45) is -4.59. The summed E-state index contributed by atoms with van der Waals surface area (Å²) in [6, 6.07) is 8.37. The van der Waals surface area contributed by atoms with Crippen molar-refractivity contribution in [2.75, 3.05) is 18.0 Å². The van der Waals surface area contributed by atoms with Crippen molar-refractivity contribution in [3.63, 3.8) is 0 Å². The monoisotopic (exact) mass is 389 g/mol. The van der Waals surface area contributed by atoms with Crippen LogP contribution in [0.2, 0.25) is 0 Å². The van der Waals surface area contributed by atoms with Gasteiger partial charge in [0.1, 0.15) is 12.3 Å². The molecule has 0 bridgehead atoms. The van der Waals surface area contributed by atoms with Gasteiger partial charge in [0.05, 0.1) is 23.3 Å². The number of carboxylic acid groups (broad SMARTS) is 1. The van der Waals surface area contributed by atoms with E-state index >= 15 is 0 Å². The molecule has 2 rings (SSSR count). The number of carbonyl (C=O) groups is 1. The van der Waals surface area contributed by atoms with Crippen LogP contribution in [0.15, 0.2) is 53.4 Å². The van der Waals surface area contributed by atoms with Crippen molar-refractivity contribution in [3.8, 4) is 5.75 Å². The average Bonchev–Trinajstić information content (AvgIpc) is 2.59. The van der Waals surface area contributed by atoms with Gasteiger partial charge in [0.2, 0.25) is 0 Å². The number of ether oxygens (including phenoxy) is 1. The SMILES string of the molecule is COc1ccc(S(=O)(=O)N(CC(=O)O)c2ccc(C(F)(F)F)cc2)cc1. The number of nitrogens with zero attached hydrogens (tertiary/aromatic N) is 1. The molecule has 0 atom stereocenters. The molecule has 2 aromatic carbocycles. The predicted molar refractivity (Wildman–Crippen MR) is 86.6 cm³/mol. The second-order valence-corrected chi connectivity index (χ2v) is 6.99. The van der Waals surface area contributed by atoms with E-state index in [4.69, 9.17) is 9.84 Å². The molecule has 0 amide bonds. The van der Waals surface area contributed by atoms with E-state index in [-0.39, 0.29) is 10.6 Å². The van der Waals surface area contributed by atoms with Crippen LogP contribution in [0.1, 0.15) is 5.56 Å². The summed E-state index contributed by atoms with van der Waals surface area (Å²) in [5, 5.41) is 9.02. The molecule has 26 heavy (non-hydrogen) atoms. The number of carboxylic acids is 1. The first-order valence-corrected chi connectivity index (χ1v) is 8.55. The van der Waals surface area contributed by atoms with Crippen molar-refractivity contribution >= 4 is 21.7 Å². The molecule has 0 fully saturated rings. The summed E-state index contributed by atoms with van der Waals surface area (Å²) in [5.74, 6) is -1.06. The lowest BCUT2D eigenvalue weighted by Gasteiger charge is -2.23. The lowest BCUT2D eigenvalue weighted by molar-refractivity contribution is -0.138. The Morgan fingerprint density at radius 2 is 1.62 bits per heavy atom. The van der Waals surface area contributed by atoms with Crippen molar-refractivity contribution in [2.45, 2.75) is 11.1 Å². The molecule has 0 saturated carbocycles. The molecular weight excluding hydrogens is 375 g/mol. The molecule has 0 aliphatic carbocycles. The average molecular weight is 389 g/mol. The largest absolute Gasteiger partial charge is 0.497 e. The van der Waals surface area contributed by atoms with Crippen molar-refractivity contribution in [2.24, 2.45) is 0 Å². The molecule has 2 aromatic rings. The number of benzene rings is 2. The van der Waals surface area contributed by atoms with Gasteiger partial charge in [0.15, 0.2) is 0 Å². The van der Waals surface area contributed by atoms with Crippen LogP contribution < -0.4 is 9.04 Å². The van der Waals surface area contributed by atoms with Gasteiger partial charge >= 0.3 is 12.1 Å². The quantitative estimate of drug-likeness (QED) is 0.821. The fourth-order valence-corrected chi connectivity index (χ4v) is 3.54. The molecule has 140 valence electrons. The third-order valence-corrected chi connectivity index (χ3v) is 5.20. The van der Waals surface area contributed by atoms with E-state index < -0.39 is 34.3 Å². The van der Waals surface area contributed by atoms with Crippen LogP contribution in [0.5, 0.6) is 5.75 Å². The van der Waals surface area contributed by atoms with Crippen molar-refractivity contribution in [1.82, 2.24) is 0 Å². The van der Waals surface area contributed by atoms with Crippen molar-refractivity contribution < 1.29 is 36.2 Å². The summed E-state index contributed by atoms with van der Waals surface area (Å²) in [4.78, 5) is 10.9. The van der Waals surface area contributed by atoms with Gasteiger partial charge in [-0.3, -0.25) is 9.10 Å². The molecule has 0 radical (unpaired) electrons. The highest BCUT2D eigenvalue weighted by molar-refractivity contribution is 7.92. The van der Waals surface area contributed by atoms with Gasteiger partial charge in [-0.1, -0.05) is 0 Å². The minimum absolute atomic E-state index is 0.198. The van der Waals surface area contributed by atoms with Gasteiger partial charge in [0, 0.05) is 0 Å². The lowest BCUT2D eigenvalue weighted by Crippen LogP contribution is -2.35. The summed E-state index contributed by atoms with van der Waals surface area (Å²) < 4.78 is 68.9. The van der Waals surface area contributed by atoms with Crippen LogP contribution in [0.3, 0.4) is 0 Å². The Balaban J connectivity index is 2.47. The number of halogens is 3. The Labute approximate surface area is 147 Å². The van der Waals surface area contributed by atoms with Crippen LogP contribution in [0, 0.1) is 0 Å². The molecule has 6 nitrogen and oxygen atoms in total. The fourth-order valence-electron chi connectivity index (χ4n) is 2.13. The normalized spacial score (nSPS) is 11.8. The maximum absolute atomic E-state index is 12.7. The summed E-state index contributed by atoms with van der Waals surface area (Å²) in [7, 11) is -2.92. The summed E-state index contributed by atoms with van der Waals surface area (Å²) in [5.41, 5.74) is -1.17. The number of rotatable bonds is 6. The minimum atomic E-state index is -4.59. The van der Waals surface area contributed by atoms with Gasteiger partial charge < -0.3 is 9.84 Å². The maximum Gasteiger partial charge on any atom is 0.416 e. The second-order valence-electron chi connectivity index (χ2n) is 5.13. The molecule has 0 spiro atoms. The van der Waals surface area contributed by atoms with Gasteiger partial charge in [-0.2, -0.15) is 13.2 Å². The van der Waals surface area contributed by atoms with E-state index in [1.165, 1.54) is 31.4 Å². The highest BCUT2D eigenvalue weighted by Crippen LogP contribution is 2.32. The zero-order valence-corrected chi connectivity index (χ0v) is 14.2. The Bertz CT molecular complexity index is 878. The van der Waals surface area contributed by atoms with Gasteiger partial charge in [-0.15, -0.1) is 0 Å². The fraction of sp³-hybridized carbons (Fsp3) is 0.188. The van der Waals surface area contributed by atoms with E-state index in [0.29, 0.717) is 22.2 Å². The molecule has 0 unspecified atom stereocenters. The number of hydrogen-bond acceptors (Lipinski definition) is 4. The van der Waals surface area contributed by atoms with Gasteiger partial charge in [0.25, 0.3) is 10.0 Å². The third-order valence-electron chi connectivity index (χ3n) is 3.41. The lowest BCUT2D eigenvalue weighted by atomic mass is 10.2. The Morgan fingerprint density at radius 1 is 1.08 bits per heavy atom. The Kier molecular flexibility index (Phi) is 5.45. The first-order chi connectivity index (χ1) is 12.1. The first-order valence-electron chi connectivity index (χ1n) is 7.11. The van der Waals surface area contributed by atoms with E-state index in [1.807, 2.05) is 0 Å². The summed E-state index contributed by atoms with van der Waals surface area (Å²) >= 11 is 0. The minimum Gasteiger partial charge on any atom is -0.497 e. The van der Waals surface area contributed by atoms with Gasteiger partial charge in [-0.05, 0) is 48.5 Å². The second kappa shape index (κ2) is 7.24. The molecular formula is C16H14F3NO5S. The number of methoxy groups -OCH3 is 1. The molecule has 0 saturated heterocycles.